The molecular weight excluding hydrogens is 412 g/mol. The fourth-order valence-electron chi connectivity index (χ4n) is 4.27. The summed E-state index contributed by atoms with van der Waals surface area (Å²) in [7, 11) is 0. The number of hydrogen-bond acceptors (Lipinski definition) is 4. The first kappa shape index (κ1) is 25.0. The van der Waals surface area contributed by atoms with Gasteiger partial charge in [-0.2, -0.15) is 0 Å². The van der Waals surface area contributed by atoms with Crippen molar-refractivity contribution in [2.75, 3.05) is 0 Å². The van der Waals surface area contributed by atoms with Crippen molar-refractivity contribution in [2.45, 2.75) is 92.9 Å². The molecule has 0 radical (unpaired) electrons. The number of ether oxygens (including phenoxy) is 2. The van der Waals surface area contributed by atoms with Crippen molar-refractivity contribution >= 4 is 11.9 Å². The second-order valence-corrected chi connectivity index (χ2v) is 12.4. The second-order valence-electron chi connectivity index (χ2n) is 12.4. The van der Waals surface area contributed by atoms with Crippen molar-refractivity contribution < 1.29 is 19.1 Å². The molecular formula is C29H38O4. The number of benzene rings is 2. The molecule has 0 saturated heterocycles. The Labute approximate surface area is 198 Å². The molecule has 178 valence electrons. The summed E-state index contributed by atoms with van der Waals surface area (Å²) in [6.07, 6.45) is 0. The van der Waals surface area contributed by atoms with Crippen molar-refractivity contribution in [3.63, 3.8) is 0 Å². The van der Waals surface area contributed by atoms with Gasteiger partial charge in [0.1, 0.15) is 17.4 Å². The summed E-state index contributed by atoms with van der Waals surface area (Å²) in [5, 5.41) is 0. The summed E-state index contributed by atoms with van der Waals surface area (Å²) in [5.74, 6) is -0.243. The van der Waals surface area contributed by atoms with Gasteiger partial charge in [-0.1, -0.05) is 65.3 Å². The topological polar surface area (TPSA) is 52.6 Å². The molecule has 0 saturated carbocycles. The zero-order valence-corrected chi connectivity index (χ0v) is 22.0. The molecule has 3 rings (SSSR count). The molecule has 0 aliphatic carbocycles. The van der Waals surface area contributed by atoms with Crippen LogP contribution in [-0.4, -0.2) is 11.9 Å². The Hall–Kier alpha value is -2.62. The number of aryl methyl sites for hydroxylation is 2. The molecule has 1 aliphatic rings. The quantitative estimate of drug-likeness (QED) is 0.369. The third kappa shape index (κ3) is 4.85. The van der Waals surface area contributed by atoms with Crippen molar-refractivity contribution in [2.24, 2.45) is 5.41 Å². The first-order chi connectivity index (χ1) is 14.9. The maximum atomic E-state index is 13.4. The van der Waals surface area contributed by atoms with Crippen molar-refractivity contribution in [3.05, 3.63) is 57.6 Å². The molecule has 0 fully saturated rings. The first-order valence-electron chi connectivity index (χ1n) is 11.7. The Morgan fingerprint density at radius 1 is 0.818 bits per heavy atom. The van der Waals surface area contributed by atoms with Crippen molar-refractivity contribution in [3.8, 4) is 11.5 Å². The lowest BCUT2D eigenvalue weighted by Gasteiger charge is -2.29. The van der Waals surface area contributed by atoms with E-state index in [1.165, 1.54) is 0 Å². The molecule has 33 heavy (non-hydrogen) atoms. The van der Waals surface area contributed by atoms with Gasteiger partial charge in [-0.05, 0) is 62.6 Å². The molecule has 0 N–H and O–H groups in total. The van der Waals surface area contributed by atoms with Gasteiger partial charge in [-0.15, -0.1) is 0 Å². The Bertz CT molecular complexity index is 1120. The smallest absolute Gasteiger partial charge is 0.323 e. The zero-order chi connectivity index (χ0) is 25.1. The summed E-state index contributed by atoms with van der Waals surface area (Å²) >= 11 is 0. The van der Waals surface area contributed by atoms with Gasteiger partial charge >= 0.3 is 11.9 Å². The van der Waals surface area contributed by atoms with Crippen LogP contribution in [0.15, 0.2) is 24.3 Å². The number of carbonyl (C=O) groups excluding carboxylic acids is 2. The third-order valence-electron chi connectivity index (χ3n) is 6.02. The number of rotatable bonds is 2. The highest BCUT2D eigenvalue weighted by molar-refractivity contribution is 5.92. The molecule has 1 unspecified atom stereocenters. The van der Waals surface area contributed by atoms with E-state index >= 15 is 0 Å². The third-order valence-corrected chi connectivity index (χ3v) is 6.02. The van der Waals surface area contributed by atoms with Gasteiger partial charge in [-0.25, -0.2) is 0 Å². The van der Waals surface area contributed by atoms with Crippen LogP contribution >= 0.6 is 0 Å². The minimum atomic E-state index is -0.681. The van der Waals surface area contributed by atoms with E-state index in [1.54, 1.807) is 0 Å². The number of fused-ring (bicyclic) bond motifs is 1. The van der Waals surface area contributed by atoms with Gasteiger partial charge in [-0.3, -0.25) is 9.59 Å². The van der Waals surface area contributed by atoms with Gasteiger partial charge in [0.25, 0.3) is 0 Å². The van der Waals surface area contributed by atoms with Crippen LogP contribution in [0.3, 0.4) is 0 Å². The Morgan fingerprint density at radius 3 is 1.85 bits per heavy atom. The average Bonchev–Trinajstić information content (AvgIpc) is 2.94. The highest BCUT2D eigenvalue weighted by Crippen LogP contribution is 2.49. The fourth-order valence-corrected chi connectivity index (χ4v) is 4.27. The standard InChI is InChI=1S/C29H38O4/c1-16-12-18(24(20(14-16)28(6,7)8)33-26(31)29(9,10)11)22-23-19(27(3,4)5)13-17(2)15-21(23)32-25(22)30/h12-15,22H,1-11H3. The largest absolute Gasteiger partial charge is 0.425 e. The van der Waals surface area contributed by atoms with Crippen LogP contribution in [0.1, 0.15) is 102 Å². The van der Waals surface area contributed by atoms with Gasteiger partial charge in [0, 0.05) is 16.7 Å². The van der Waals surface area contributed by atoms with E-state index in [-0.39, 0.29) is 22.8 Å². The molecule has 1 atom stereocenters. The molecule has 4 nitrogen and oxygen atoms in total. The van der Waals surface area contributed by atoms with Crippen LogP contribution in [0.4, 0.5) is 0 Å². The summed E-state index contributed by atoms with van der Waals surface area (Å²) in [6.45, 7) is 22.2. The van der Waals surface area contributed by atoms with Gasteiger partial charge in [0.15, 0.2) is 0 Å². The van der Waals surface area contributed by atoms with E-state index in [9.17, 15) is 9.59 Å². The Balaban J connectivity index is 2.36. The zero-order valence-electron chi connectivity index (χ0n) is 22.0. The lowest BCUT2D eigenvalue weighted by Crippen LogP contribution is -2.28. The molecule has 0 amide bonds. The minimum absolute atomic E-state index is 0.193. The van der Waals surface area contributed by atoms with Crippen LogP contribution in [0, 0.1) is 19.3 Å². The molecule has 4 heteroatoms. The van der Waals surface area contributed by atoms with Gasteiger partial charge in [0.05, 0.1) is 5.41 Å². The van der Waals surface area contributed by atoms with Gasteiger partial charge in [0.2, 0.25) is 0 Å². The lowest BCUT2D eigenvalue weighted by atomic mass is 9.76. The van der Waals surface area contributed by atoms with E-state index in [1.807, 2.05) is 46.8 Å². The molecule has 0 bridgehead atoms. The lowest BCUT2D eigenvalue weighted by molar-refractivity contribution is -0.143. The maximum absolute atomic E-state index is 13.4. The summed E-state index contributed by atoms with van der Waals surface area (Å²) in [6, 6.07) is 8.07. The number of hydrogen-bond donors (Lipinski definition) is 0. The summed E-state index contributed by atoms with van der Waals surface area (Å²) in [4.78, 5) is 26.4. The van der Waals surface area contributed by atoms with E-state index < -0.39 is 11.3 Å². The van der Waals surface area contributed by atoms with Crippen molar-refractivity contribution in [1.82, 2.24) is 0 Å². The Morgan fingerprint density at radius 2 is 1.33 bits per heavy atom. The van der Waals surface area contributed by atoms with E-state index in [2.05, 4.69) is 53.7 Å². The van der Waals surface area contributed by atoms with Crippen LogP contribution in [0.25, 0.3) is 0 Å². The molecule has 2 aromatic rings. The van der Waals surface area contributed by atoms with E-state index in [4.69, 9.17) is 9.47 Å². The fraction of sp³-hybridized carbons (Fsp3) is 0.517. The normalized spacial score (nSPS) is 16.5. The Kier molecular flexibility index (Phi) is 6.06. The molecule has 0 spiro atoms. The number of esters is 2. The van der Waals surface area contributed by atoms with Crippen molar-refractivity contribution in [1.29, 1.82) is 0 Å². The minimum Gasteiger partial charge on any atom is -0.425 e. The molecule has 1 aliphatic heterocycles. The second kappa shape index (κ2) is 8.00. The summed E-state index contributed by atoms with van der Waals surface area (Å²) in [5.41, 5.74) is 4.43. The van der Waals surface area contributed by atoms with Crippen LogP contribution < -0.4 is 9.47 Å². The van der Waals surface area contributed by atoms with E-state index in [0.717, 1.165) is 27.8 Å². The average molecular weight is 451 g/mol. The SMILES string of the molecule is Cc1cc(C2C(=O)Oc3cc(C)cc(C(C)(C)C)c32)c(OC(=O)C(C)(C)C)c(C(C)(C)C)c1. The van der Waals surface area contributed by atoms with Crippen LogP contribution in [0.2, 0.25) is 0 Å². The van der Waals surface area contributed by atoms with Crippen LogP contribution in [0.5, 0.6) is 11.5 Å². The predicted octanol–water partition coefficient (Wildman–Crippen LogP) is 6.90. The number of carbonyl (C=O) groups is 2. The van der Waals surface area contributed by atoms with Crippen LogP contribution in [-0.2, 0) is 20.4 Å². The monoisotopic (exact) mass is 450 g/mol. The highest BCUT2D eigenvalue weighted by atomic mass is 16.5. The maximum Gasteiger partial charge on any atom is 0.323 e. The molecule has 1 heterocycles. The molecule has 0 aromatic heterocycles. The van der Waals surface area contributed by atoms with Gasteiger partial charge < -0.3 is 9.47 Å². The van der Waals surface area contributed by atoms with E-state index in [0.29, 0.717) is 17.1 Å². The predicted molar refractivity (Wildman–Crippen MR) is 132 cm³/mol. The first-order valence-corrected chi connectivity index (χ1v) is 11.7. The molecule has 2 aromatic carbocycles. The summed E-state index contributed by atoms with van der Waals surface area (Å²) < 4.78 is 11.9. The highest BCUT2D eigenvalue weighted by Gasteiger charge is 2.42.